The molecule has 2 atom stereocenters. The molecule has 116 valence electrons. The Kier molecular flexibility index (Phi) is 3.93. The van der Waals surface area contributed by atoms with Gasteiger partial charge in [-0.15, -0.1) is 16.4 Å². The summed E-state index contributed by atoms with van der Waals surface area (Å²) < 4.78 is 4.55. The standard InChI is InChI=1S/C14H16N4O3S/c1-7-3-4-22-12(7)8-5-9(8)13(20)16-14-15-10(17-18-14)6-11(19)21-2/h3-4,8-9H,5-6H2,1-2H3,(H2,15,16,17,18,20)/t8-,9+/m1/s1. The molecule has 22 heavy (non-hydrogen) atoms. The molecular formula is C14H16N4O3S. The van der Waals surface area contributed by atoms with Gasteiger partial charge in [-0.2, -0.15) is 4.98 Å². The number of aromatic amines is 1. The number of aromatic nitrogens is 3. The number of H-pyrrole nitrogens is 1. The van der Waals surface area contributed by atoms with Gasteiger partial charge in [-0.3, -0.25) is 20.0 Å². The van der Waals surface area contributed by atoms with E-state index in [1.807, 2.05) is 5.38 Å². The van der Waals surface area contributed by atoms with Crippen LogP contribution in [0.15, 0.2) is 11.4 Å². The number of rotatable bonds is 5. The molecule has 2 heterocycles. The number of hydrogen-bond acceptors (Lipinski definition) is 6. The number of ether oxygens (including phenoxy) is 1. The molecule has 2 N–H and O–H groups in total. The first-order valence-corrected chi connectivity index (χ1v) is 7.79. The molecule has 0 bridgehead atoms. The van der Waals surface area contributed by atoms with Crippen molar-refractivity contribution in [1.29, 1.82) is 0 Å². The zero-order valence-electron chi connectivity index (χ0n) is 12.3. The van der Waals surface area contributed by atoms with E-state index in [0.717, 1.165) is 6.42 Å². The van der Waals surface area contributed by atoms with E-state index in [1.165, 1.54) is 17.6 Å². The van der Waals surface area contributed by atoms with E-state index in [1.54, 1.807) is 11.3 Å². The summed E-state index contributed by atoms with van der Waals surface area (Å²) >= 11 is 1.69. The second kappa shape index (κ2) is 5.88. The normalized spacial score (nSPS) is 19.7. The number of nitrogens with one attached hydrogen (secondary N) is 2. The number of amides is 1. The first-order chi connectivity index (χ1) is 10.6. The summed E-state index contributed by atoms with van der Waals surface area (Å²) in [5, 5.41) is 11.2. The lowest BCUT2D eigenvalue weighted by Gasteiger charge is -2.00. The molecule has 7 nitrogen and oxygen atoms in total. The van der Waals surface area contributed by atoms with Gasteiger partial charge in [-0.05, 0) is 30.4 Å². The highest BCUT2D eigenvalue weighted by Gasteiger charge is 2.45. The van der Waals surface area contributed by atoms with Crippen LogP contribution in [0.2, 0.25) is 0 Å². The third kappa shape index (κ3) is 3.01. The van der Waals surface area contributed by atoms with Crippen LogP contribution >= 0.6 is 11.3 Å². The number of carbonyl (C=O) groups is 2. The van der Waals surface area contributed by atoms with Crippen molar-refractivity contribution in [1.82, 2.24) is 15.2 Å². The van der Waals surface area contributed by atoms with Crippen LogP contribution in [0, 0.1) is 12.8 Å². The second-order valence-corrected chi connectivity index (χ2v) is 6.21. The lowest BCUT2D eigenvalue weighted by molar-refractivity contribution is -0.139. The third-order valence-corrected chi connectivity index (χ3v) is 4.82. The number of carbonyl (C=O) groups excluding carboxylic acids is 2. The van der Waals surface area contributed by atoms with Crippen LogP contribution in [0.1, 0.15) is 28.6 Å². The zero-order valence-corrected chi connectivity index (χ0v) is 13.1. The maximum atomic E-state index is 12.2. The first kappa shape index (κ1) is 14.7. The Balaban J connectivity index is 1.57. The predicted molar refractivity (Wildman–Crippen MR) is 80.6 cm³/mol. The molecule has 0 unspecified atom stereocenters. The molecule has 0 radical (unpaired) electrons. The summed E-state index contributed by atoms with van der Waals surface area (Å²) in [4.78, 5) is 28.7. The van der Waals surface area contributed by atoms with Gasteiger partial charge >= 0.3 is 5.97 Å². The Morgan fingerprint density at radius 1 is 1.55 bits per heavy atom. The van der Waals surface area contributed by atoms with E-state index in [9.17, 15) is 9.59 Å². The summed E-state index contributed by atoms with van der Waals surface area (Å²) in [6, 6.07) is 2.07. The number of methoxy groups -OCH3 is 1. The van der Waals surface area contributed by atoms with Gasteiger partial charge in [-0.25, -0.2) is 0 Å². The lowest BCUT2D eigenvalue weighted by Crippen LogP contribution is -2.15. The van der Waals surface area contributed by atoms with Crippen molar-refractivity contribution in [3.05, 3.63) is 27.7 Å². The Labute approximate surface area is 131 Å². The van der Waals surface area contributed by atoms with Crippen LogP contribution in [0.5, 0.6) is 0 Å². The van der Waals surface area contributed by atoms with Crippen molar-refractivity contribution >= 4 is 29.2 Å². The van der Waals surface area contributed by atoms with E-state index in [4.69, 9.17) is 0 Å². The minimum absolute atomic E-state index is 0.000184. The van der Waals surface area contributed by atoms with Crippen LogP contribution in [0.3, 0.4) is 0 Å². The number of esters is 1. The molecule has 1 saturated carbocycles. The monoisotopic (exact) mass is 320 g/mol. The molecule has 2 aromatic rings. The third-order valence-electron chi connectivity index (χ3n) is 3.67. The number of thiophene rings is 1. The van der Waals surface area contributed by atoms with Gasteiger partial charge in [0, 0.05) is 16.7 Å². The largest absolute Gasteiger partial charge is 0.469 e. The van der Waals surface area contributed by atoms with Crippen molar-refractivity contribution < 1.29 is 14.3 Å². The molecule has 8 heteroatoms. The van der Waals surface area contributed by atoms with Gasteiger partial charge in [0.25, 0.3) is 0 Å². The molecule has 0 aliphatic heterocycles. The first-order valence-electron chi connectivity index (χ1n) is 6.91. The molecule has 0 saturated heterocycles. The van der Waals surface area contributed by atoms with Crippen LogP contribution < -0.4 is 5.32 Å². The summed E-state index contributed by atoms with van der Waals surface area (Å²) in [6.45, 7) is 2.06. The van der Waals surface area contributed by atoms with Gasteiger partial charge in [0.1, 0.15) is 12.2 Å². The van der Waals surface area contributed by atoms with Crippen molar-refractivity contribution in [2.24, 2.45) is 5.92 Å². The smallest absolute Gasteiger partial charge is 0.313 e. The van der Waals surface area contributed by atoms with Gasteiger partial charge in [0.05, 0.1) is 7.11 Å². The Morgan fingerprint density at radius 2 is 2.36 bits per heavy atom. The van der Waals surface area contributed by atoms with E-state index in [0.29, 0.717) is 11.7 Å². The van der Waals surface area contributed by atoms with Crippen molar-refractivity contribution in [3.8, 4) is 0 Å². The second-order valence-electron chi connectivity index (χ2n) is 5.26. The fourth-order valence-electron chi connectivity index (χ4n) is 2.38. The van der Waals surface area contributed by atoms with E-state index >= 15 is 0 Å². The molecule has 1 aliphatic rings. The van der Waals surface area contributed by atoms with Crippen LogP contribution in [-0.2, 0) is 20.7 Å². The maximum absolute atomic E-state index is 12.2. The van der Waals surface area contributed by atoms with Gasteiger partial charge in [0.15, 0.2) is 0 Å². The minimum atomic E-state index is -0.413. The molecule has 1 amide bonds. The molecule has 3 rings (SSSR count). The molecule has 2 aromatic heterocycles. The van der Waals surface area contributed by atoms with Crippen molar-refractivity contribution in [2.75, 3.05) is 12.4 Å². The van der Waals surface area contributed by atoms with Crippen molar-refractivity contribution in [3.63, 3.8) is 0 Å². The predicted octanol–water partition coefficient (Wildman–Crippen LogP) is 1.63. The average Bonchev–Trinajstić information content (AvgIpc) is 2.99. The van der Waals surface area contributed by atoms with Crippen LogP contribution in [0.25, 0.3) is 0 Å². The quantitative estimate of drug-likeness (QED) is 0.816. The van der Waals surface area contributed by atoms with E-state index < -0.39 is 5.97 Å². The maximum Gasteiger partial charge on any atom is 0.313 e. The van der Waals surface area contributed by atoms with Gasteiger partial charge in [-0.1, -0.05) is 0 Å². The zero-order chi connectivity index (χ0) is 15.7. The number of nitrogens with zero attached hydrogens (tertiary/aromatic N) is 2. The van der Waals surface area contributed by atoms with Gasteiger partial charge < -0.3 is 4.74 Å². The molecule has 1 fully saturated rings. The Hall–Kier alpha value is -2.22. The fraction of sp³-hybridized carbons (Fsp3) is 0.429. The summed E-state index contributed by atoms with van der Waals surface area (Å²) in [6.07, 6.45) is 0.854. The summed E-state index contributed by atoms with van der Waals surface area (Å²) in [7, 11) is 1.31. The summed E-state index contributed by atoms with van der Waals surface area (Å²) in [5.74, 6) is 0.334. The molecule has 0 spiro atoms. The van der Waals surface area contributed by atoms with Crippen LogP contribution in [0.4, 0.5) is 5.95 Å². The summed E-state index contributed by atoms with van der Waals surface area (Å²) in [5.41, 5.74) is 1.24. The lowest BCUT2D eigenvalue weighted by atomic mass is 10.2. The Morgan fingerprint density at radius 3 is 3.05 bits per heavy atom. The number of anilines is 1. The SMILES string of the molecule is COC(=O)Cc1nc(NC(=O)[C@H]2C[C@H]2c2sccc2C)n[nH]1. The highest BCUT2D eigenvalue weighted by Crippen LogP contribution is 2.50. The molecule has 1 aliphatic carbocycles. The van der Waals surface area contributed by atoms with E-state index in [2.05, 4.69) is 38.2 Å². The fourth-order valence-corrected chi connectivity index (χ4v) is 3.49. The topological polar surface area (TPSA) is 97.0 Å². The number of hydrogen-bond donors (Lipinski definition) is 2. The highest BCUT2D eigenvalue weighted by atomic mass is 32.1. The highest BCUT2D eigenvalue weighted by molar-refractivity contribution is 7.10. The van der Waals surface area contributed by atoms with E-state index in [-0.39, 0.29) is 24.2 Å². The van der Waals surface area contributed by atoms with Crippen molar-refractivity contribution in [2.45, 2.75) is 25.7 Å². The van der Waals surface area contributed by atoms with Crippen LogP contribution in [-0.4, -0.2) is 34.2 Å². The Bertz CT molecular complexity index is 709. The average molecular weight is 320 g/mol. The minimum Gasteiger partial charge on any atom is -0.469 e. The number of aryl methyl sites for hydroxylation is 1. The molecule has 0 aromatic carbocycles. The van der Waals surface area contributed by atoms with Gasteiger partial charge in [0.2, 0.25) is 11.9 Å². The molecular weight excluding hydrogens is 304 g/mol.